The second kappa shape index (κ2) is 7.61. The van der Waals surface area contributed by atoms with Gasteiger partial charge in [0, 0.05) is 12.2 Å². The summed E-state index contributed by atoms with van der Waals surface area (Å²) in [5.74, 6) is 1.90. The number of nitrogens with zero attached hydrogens (tertiary/aromatic N) is 4. The van der Waals surface area contributed by atoms with E-state index in [0.717, 1.165) is 23.7 Å². The lowest BCUT2D eigenvalue weighted by Gasteiger charge is -2.21. The highest BCUT2D eigenvalue weighted by atomic mass is 16.5. The first-order chi connectivity index (χ1) is 12.2. The van der Waals surface area contributed by atoms with Crippen LogP contribution in [0.3, 0.4) is 0 Å². The molecule has 0 aliphatic heterocycles. The summed E-state index contributed by atoms with van der Waals surface area (Å²) in [4.78, 5) is 6.63. The summed E-state index contributed by atoms with van der Waals surface area (Å²) in [6.07, 6.45) is 1.60. The lowest BCUT2D eigenvalue weighted by Crippen LogP contribution is -2.19. The van der Waals surface area contributed by atoms with Crippen molar-refractivity contribution in [3.05, 3.63) is 60.3 Å². The molecule has 0 atom stereocenters. The predicted octanol–water partition coefficient (Wildman–Crippen LogP) is 4.09. The normalized spacial score (nSPS) is 10.4. The van der Waals surface area contributed by atoms with Crippen LogP contribution < -0.4 is 15.0 Å². The Kier molecular flexibility index (Phi) is 5.09. The molecular weight excluding hydrogens is 314 g/mol. The van der Waals surface area contributed by atoms with E-state index in [1.54, 1.807) is 13.3 Å². The number of aromatic nitrogens is 3. The van der Waals surface area contributed by atoms with Crippen LogP contribution in [0.25, 0.3) is 0 Å². The van der Waals surface area contributed by atoms with Gasteiger partial charge in [-0.2, -0.15) is 10.1 Å². The van der Waals surface area contributed by atoms with E-state index in [9.17, 15) is 0 Å². The van der Waals surface area contributed by atoms with Gasteiger partial charge in [0.25, 0.3) is 5.95 Å². The zero-order valence-corrected chi connectivity index (χ0v) is 14.6. The maximum Gasteiger partial charge on any atom is 0.251 e. The minimum Gasteiger partial charge on any atom is -0.495 e. The molecule has 1 heterocycles. The highest BCUT2D eigenvalue weighted by molar-refractivity contribution is 5.65. The molecule has 6 heteroatoms. The second-order valence-electron chi connectivity index (χ2n) is 5.55. The lowest BCUT2D eigenvalue weighted by molar-refractivity contribution is 0.417. The molecular formula is C19H21N5O. The van der Waals surface area contributed by atoms with Gasteiger partial charge in [0.05, 0.1) is 19.0 Å². The van der Waals surface area contributed by atoms with Crippen LogP contribution in [0.15, 0.2) is 54.7 Å². The summed E-state index contributed by atoms with van der Waals surface area (Å²) in [5.41, 5.74) is 3.06. The fourth-order valence-corrected chi connectivity index (χ4v) is 2.59. The number of benzene rings is 2. The lowest BCUT2D eigenvalue weighted by atomic mass is 10.2. The van der Waals surface area contributed by atoms with Crippen molar-refractivity contribution in [3.8, 4) is 5.75 Å². The van der Waals surface area contributed by atoms with Crippen LogP contribution >= 0.6 is 0 Å². The Hall–Kier alpha value is -3.15. The molecule has 0 fully saturated rings. The fraction of sp³-hybridized carbons (Fsp3) is 0.211. The van der Waals surface area contributed by atoms with Crippen LogP contribution in [0, 0.1) is 6.92 Å². The Morgan fingerprint density at radius 1 is 1.12 bits per heavy atom. The van der Waals surface area contributed by atoms with Gasteiger partial charge in [-0.1, -0.05) is 24.3 Å². The van der Waals surface area contributed by atoms with E-state index in [4.69, 9.17) is 4.74 Å². The van der Waals surface area contributed by atoms with Gasteiger partial charge in [0.15, 0.2) is 5.82 Å². The van der Waals surface area contributed by atoms with E-state index < -0.39 is 0 Å². The van der Waals surface area contributed by atoms with Gasteiger partial charge >= 0.3 is 0 Å². The Bertz CT molecular complexity index is 852. The number of rotatable bonds is 6. The van der Waals surface area contributed by atoms with Crippen molar-refractivity contribution >= 4 is 23.1 Å². The van der Waals surface area contributed by atoms with Crippen molar-refractivity contribution in [1.82, 2.24) is 15.2 Å². The first-order valence-corrected chi connectivity index (χ1v) is 8.15. The van der Waals surface area contributed by atoms with Crippen molar-refractivity contribution < 1.29 is 4.74 Å². The standard InChI is InChI=1S/C19H21N5O/c1-4-24(15-9-7-8-14(2)12-15)19-22-18(13-20-23-19)21-16-10-5-6-11-17(16)25-3/h5-13H,4H2,1-3H3,(H,21,22,23). The second-order valence-corrected chi connectivity index (χ2v) is 5.55. The van der Waals surface area contributed by atoms with Crippen LogP contribution in [-0.2, 0) is 0 Å². The van der Waals surface area contributed by atoms with E-state index in [0.29, 0.717) is 11.8 Å². The summed E-state index contributed by atoms with van der Waals surface area (Å²) in [5, 5.41) is 11.5. The topological polar surface area (TPSA) is 63.2 Å². The monoisotopic (exact) mass is 335 g/mol. The van der Waals surface area contributed by atoms with Crippen molar-refractivity contribution in [3.63, 3.8) is 0 Å². The Labute approximate surface area is 147 Å². The summed E-state index contributed by atoms with van der Waals surface area (Å²) >= 11 is 0. The third kappa shape index (κ3) is 3.85. The molecule has 6 nitrogen and oxygen atoms in total. The van der Waals surface area contributed by atoms with E-state index in [2.05, 4.69) is 46.5 Å². The molecule has 0 aliphatic rings. The minimum atomic E-state index is 0.549. The summed E-state index contributed by atoms with van der Waals surface area (Å²) in [7, 11) is 1.64. The van der Waals surface area contributed by atoms with E-state index >= 15 is 0 Å². The molecule has 0 spiro atoms. The molecule has 3 aromatic rings. The summed E-state index contributed by atoms with van der Waals surface area (Å²) in [6.45, 7) is 4.87. The number of ether oxygens (including phenoxy) is 1. The molecule has 0 bridgehead atoms. The molecule has 128 valence electrons. The van der Waals surface area contributed by atoms with Crippen LogP contribution in [0.2, 0.25) is 0 Å². The molecule has 0 saturated heterocycles. The van der Waals surface area contributed by atoms with Crippen molar-refractivity contribution in [2.24, 2.45) is 0 Å². The number of aryl methyl sites for hydroxylation is 1. The van der Waals surface area contributed by atoms with Gasteiger partial charge in [-0.05, 0) is 43.7 Å². The van der Waals surface area contributed by atoms with Crippen molar-refractivity contribution in [2.45, 2.75) is 13.8 Å². The molecule has 1 aromatic heterocycles. The highest BCUT2D eigenvalue weighted by Crippen LogP contribution is 2.27. The van der Waals surface area contributed by atoms with Gasteiger partial charge < -0.3 is 15.0 Å². The van der Waals surface area contributed by atoms with E-state index in [1.807, 2.05) is 41.3 Å². The average molecular weight is 335 g/mol. The Balaban J connectivity index is 1.90. The minimum absolute atomic E-state index is 0.549. The number of hydrogen-bond acceptors (Lipinski definition) is 6. The molecule has 0 aliphatic carbocycles. The van der Waals surface area contributed by atoms with Gasteiger partial charge in [0.1, 0.15) is 5.75 Å². The van der Waals surface area contributed by atoms with Crippen LogP contribution in [0.4, 0.5) is 23.1 Å². The first-order valence-electron chi connectivity index (χ1n) is 8.15. The fourth-order valence-electron chi connectivity index (χ4n) is 2.59. The Morgan fingerprint density at radius 3 is 2.72 bits per heavy atom. The van der Waals surface area contributed by atoms with Gasteiger partial charge in [-0.15, -0.1) is 5.10 Å². The Morgan fingerprint density at radius 2 is 1.96 bits per heavy atom. The van der Waals surface area contributed by atoms with E-state index in [1.165, 1.54) is 5.56 Å². The molecule has 3 rings (SSSR count). The third-order valence-corrected chi connectivity index (χ3v) is 3.79. The van der Waals surface area contributed by atoms with Crippen molar-refractivity contribution in [1.29, 1.82) is 0 Å². The number of methoxy groups -OCH3 is 1. The number of anilines is 4. The summed E-state index contributed by atoms with van der Waals surface area (Å²) < 4.78 is 5.36. The SMILES string of the molecule is CCN(c1cccc(C)c1)c1nncc(Nc2ccccc2OC)n1. The molecule has 0 amide bonds. The van der Waals surface area contributed by atoms with Crippen LogP contribution in [0.5, 0.6) is 5.75 Å². The molecule has 2 aromatic carbocycles. The van der Waals surface area contributed by atoms with Crippen LogP contribution in [0.1, 0.15) is 12.5 Å². The average Bonchev–Trinajstić information content (AvgIpc) is 2.63. The molecule has 25 heavy (non-hydrogen) atoms. The summed E-state index contributed by atoms with van der Waals surface area (Å²) in [6, 6.07) is 15.9. The quantitative estimate of drug-likeness (QED) is 0.732. The van der Waals surface area contributed by atoms with Gasteiger partial charge in [-0.3, -0.25) is 0 Å². The maximum atomic E-state index is 5.36. The molecule has 0 unspecified atom stereocenters. The van der Waals surface area contributed by atoms with Gasteiger partial charge in [-0.25, -0.2) is 0 Å². The number of para-hydroxylation sites is 2. The first kappa shape index (κ1) is 16.7. The largest absolute Gasteiger partial charge is 0.495 e. The molecule has 0 saturated carbocycles. The molecule has 1 N–H and O–H groups in total. The zero-order chi connectivity index (χ0) is 17.6. The third-order valence-electron chi connectivity index (χ3n) is 3.79. The van der Waals surface area contributed by atoms with Crippen LogP contribution in [-0.4, -0.2) is 28.8 Å². The number of nitrogens with one attached hydrogen (secondary N) is 1. The van der Waals surface area contributed by atoms with E-state index in [-0.39, 0.29) is 0 Å². The van der Waals surface area contributed by atoms with Crippen molar-refractivity contribution in [2.75, 3.05) is 23.9 Å². The molecule has 0 radical (unpaired) electrons. The number of hydrogen-bond donors (Lipinski definition) is 1. The zero-order valence-electron chi connectivity index (χ0n) is 14.6. The smallest absolute Gasteiger partial charge is 0.251 e. The highest BCUT2D eigenvalue weighted by Gasteiger charge is 2.12. The maximum absolute atomic E-state index is 5.36. The predicted molar refractivity (Wildman–Crippen MR) is 100.0 cm³/mol. The van der Waals surface area contributed by atoms with Gasteiger partial charge in [0.2, 0.25) is 0 Å².